The fourth-order valence-corrected chi connectivity index (χ4v) is 4.91. The van der Waals surface area contributed by atoms with Gasteiger partial charge in [-0.05, 0) is 61.4 Å². The second-order valence-electron chi connectivity index (χ2n) is 9.95. The van der Waals surface area contributed by atoms with E-state index in [1.54, 1.807) is 18.3 Å². The summed E-state index contributed by atoms with van der Waals surface area (Å²) in [6, 6.07) is 11.1. The number of benzene rings is 1. The van der Waals surface area contributed by atoms with Crippen LogP contribution >= 0.6 is 0 Å². The summed E-state index contributed by atoms with van der Waals surface area (Å²) >= 11 is 0. The van der Waals surface area contributed by atoms with Gasteiger partial charge in [-0.25, -0.2) is 9.97 Å². The number of carbonyl (C=O) groups is 1. The number of nitrogens with zero attached hydrogens (tertiary/aromatic N) is 4. The lowest BCUT2D eigenvalue weighted by Gasteiger charge is -2.25. The Hall–Kier alpha value is -4.18. The van der Waals surface area contributed by atoms with Crippen LogP contribution in [0, 0.1) is 0 Å². The third-order valence-electron chi connectivity index (χ3n) is 7.07. The van der Waals surface area contributed by atoms with E-state index in [4.69, 9.17) is 14.5 Å². The third kappa shape index (κ3) is 4.99. The maximum Gasteiger partial charge on any atom is 0.274 e. The Labute approximate surface area is 219 Å². The highest BCUT2D eigenvalue weighted by Crippen LogP contribution is 2.41. The zero-order valence-corrected chi connectivity index (χ0v) is 21.4. The van der Waals surface area contributed by atoms with Gasteiger partial charge in [0, 0.05) is 57.8 Å². The van der Waals surface area contributed by atoms with Crippen molar-refractivity contribution in [1.82, 2.24) is 19.1 Å². The summed E-state index contributed by atoms with van der Waals surface area (Å²) < 4.78 is 15.4. The Bertz CT molecular complexity index is 1570. The van der Waals surface area contributed by atoms with Gasteiger partial charge in [0.05, 0.1) is 11.0 Å². The number of fused-ring (bicyclic) bond motifs is 1. The lowest BCUT2D eigenvalue weighted by atomic mass is 10.1. The minimum Gasteiger partial charge on any atom is -0.457 e. The molecule has 3 aromatic heterocycles. The van der Waals surface area contributed by atoms with E-state index in [0.29, 0.717) is 48.1 Å². The highest BCUT2D eigenvalue weighted by Gasteiger charge is 2.27. The number of rotatable bonds is 7. The lowest BCUT2D eigenvalue weighted by Crippen LogP contribution is -2.30. The summed E-state index contributed by atoms with van der Waals surface area (Å²) in [6.45, 7) is 2.78. The number of pyridine rings is 2. The van der Waals surface area contributed by atoms with E-state index in [1.807, 2.05) is 40.4 Å². The van der Waals surface area contributed by atoms with Crippen LogP contribution in [0.25, 0.3) is 11.0 Å². The van der Waals surface area contributed by atoms with Gasteiger partial charge in [-0.3, -0.25) is 9.59 Å². The highest BCUT2D eigenvalue weighted by molar-refractivity contribution is 5.87. The van der Waals surface area contributed by atoms with Gasteiger partial charge < -0.3 is 29.2 Å². The first-order chi connectivity index (χ1) is 18.4. The van der Waals surface area contributed by atoms with Crippen LogP contribution in [0.1, 0.15) is 50.1 Å². The lowest BCUT2D eigenvalue weighted by molar-refractivity contribution is -0.114. The second-order valence-corrected chi connectivity index (χ2v) is 9.95. The molecule has 2 N–H and O–H groups in total. The quantitative estimate of drug-likeness (QED) is 0.362. The third-order valence-corrected chi connectivity index (χ3v) is 7.07. The van der Waals surface area contributed by atoms with Crippen molar-refractivity contribution in [3.8, 4) is 11.5 Å². The van der Waals surface area contributed by atoms with Crippen molar-refractivity contribution in [3.05, 3.63) is 64.7 Å². The molecule has 10 nitrogen and oxygen atoms in total. The molecular weight excluding hydrogens is 484 g/mol. The molecular formula is C28H30N6O4. The smallest absolute Gasteiger partial charge is 0.274 e. The molecule has 4 aromatic rings. The first kappa shape index (κ1) is 24.2. The maximum atomic E-state index is 13.5. The molecule has 1 saturated heterocycles. The predicted octanol–water partition coefficient (Wildman–Crippen LogP) is 4.85. The molecule has 0 spiro atoms. The van der Waals surface area contributed by atoms with E-state index in [0.717, 1.165) is 36.7 Å². The van der Waals surface area contributed by atoms with Crippen LogP contribution in [0.2, 0.25) is 0 Å². The molecule has 1 aromatic carbocycles. The van der Waals surface area contributed by atoms with Gasteiger partial charge in [0.15, 0.2) is 0 Å². The monoisotopic (exact) mass is 514 g/mol. The first-order valence-corrected chi connectivity index (χ1v) is 12.9. The zero-order valence-electron chi connectivity index (χ0n) is 21.4. The van der Waals surface area contributed by atoms with Gasteiger partial charge in [0.1, 0.15) is 23.0 Å². The minimum atomic E-state index is -0.201. The van der Waals surface area contributed by atoms with Crippen molar-refractivity contribution in [3.63, 3.8) is 0 Å². The van der Waals surface area contributed by atoms with Crippen molar-refractivity contribution in [2.75, 3.05) is 23.8 Å². The molecule has 0 radical (unpaired) electrons. The SMILES string of the molecule is CC(=O)Nc1cc(Oc2ccc3nc(Nc4cc(C5CC5)cn(C5CCOCC5)c4=O)n(C)c3c2)ccn1. The Morgan fingerprint density at radius 1 is 1.08 bits per heavy atom. The average molecular weight is 515 g/mol. The van der Waals surface area contributed by atoms with E-state index < -0.39 is 0 Å². The van der Waals surface area contributed by atoms with Crippen molar-refractivity contribution >= 4 is 34.4 Å². The molecule has 1 aliphatic heterocycles. The Balaban J connectivity index is 1.29. The number of hydrogen-bond donors (Lipinski definition) is 2. The van der Waals surface area contributed by atoms with Gasteiger partial charge in [-0.1, -0.05) is 0 Å². The highest BCUT2D eigenvalue weighted by atomic mass is 16.5. The van der Waals surface area contributed by atoms with Crippen LogP contribution in [-0.2, 0) is 16.6 Å². The molecule has 38 heavy (non-hydrogen) atoms. The van der Waals surface area contributed by atoms with Crippen molar-refractivity contribution < 1.29 is 14.3 Å². The molecule has 1 amide bonds. The van der Waals surface area contributed by atoms with Gasteiger partial charge in [0.25, 0.3) is 5.56 Å². The van der Waals surface area contributed by atoms with Gasteiger partial charge >= 0.3 is 0 Å². The molecule has 6 rings (SSSR count). The van der Waals surface area contributed by atoms with Gasteiger partial charge in [-0.2, -0.15) is 0 Å². The van der Waals surface area contributed by atoms with Crippen LogP contribution in [-0.4, -0.2) is 38.2 Å². The molecule has 2 aliphatic rings. The topological polar surface area (TPSA) is 112 Å². The van der Waals surface area contributed by atoms with Crippen LogP contribution in [0.4, 0.5) is 17.5 Å². The zero-order chi connectivity index (χ0) is 26.2. The van der Waals surface area contributed by atoms with Crippen LogP contribution in [0.15, 0.2) is 53.6 Å². The molecule has 0 unspecified atom stereocenters. The number of aromatic nitrogens is 4. The summed E-state index contributed by atoms with van der Waals surface area (Å²) in [5.41, 5.74) is 3.33. The molecule has 196 valence electrons. The number of amides is 1. The van der Waals surface area contributed by atoms with Crippen LogP contribution in [0.5, 0.6) is 11.5 Å². The number of nitrogens with one attached hydrogen (secondary N) is 2. The minimum absolute atomic E-state index is 0.0370. The molecule has 2 fully saturated rings. The standard InChI is InChI=1S/C28H30N6O4/c1-17(35)30-26-15-22(7-10-29-26)38-21-5-6-23-25(14-21)33(2)28(31-23)32-24-13-19(18-3-4-18)16-34(27(24)36)20-8-11-37-12-9-20/h5-7,10,13-16,18,20H,3-4,8-9,11-12H2,1-2H3,(H,31,32)(H,29,30,35). The molecule has 4 heterocycles. The van der Waals surface area contributed by atoms with Crippen molar-refractivity contribution in [1.29, 1.82) is 0 Å². The maximum absolute atomic E-state index is 13.5. The fourth-order valence-electron chi connectivity index (χ4n) is 4.91. The number of aryl methyl sites for hydroxylation is 1. The Kier molecular flexibility index (Phi) is 6.32. The van der Waals surface area contributed by atoms with Crippen LogP contribution < -0.4 is 20.9 Å². The van der Waals surface area contributed by atoms with E-state index in [-0.39, 0.29) is 17.5 Å². The normalized spacial score (nSPS) is 15.9. The number of carbonyl (C=O) groups excluding carboxylic acids is 1. The number of hydrogen-bond acceptors (Lipinski definition) is 7. The van der Waals surface area contributed by atoms with E-state index in [9.17, 15) is 9.59 Å². The molecule has 0 bridgehead atoms. The molecule has 0 atom stereocenters. The average Bonchev–Trinajstić information content (AvgIpc) is 3.71. The molecule has 10 heteroatoms. The predicted molar refractivity (Wildman–Crippen MR) is 144 cm³/mol. The summed E-state index contributed by atoms with van der Waals surface area (Å²) in [7, 11) is 1.91. The second kappa shape index (κ2) is 9.94. The Morgan fingerprint density at radius 3 is 2.63 bits per heavy atom. The largest absolute Gasteiger partial charge is 0.457 e. The van der Waals surface area contributed by atoms with Crippen molar-refractivity contribution in [2.45, 2.75) is 44.6 Å². The van der Waals surface area contributed by atoms with E-state index in [2.05, 4.69) is 21.8 Å². The van der Waals surface area contributed by atoms with Crippen molar-refractivity contribution in [2.24, 2.45) is 7.05 Å². The Morgan fingerprint density at radius 2 is 1.87 bits per heavy atom. The number of imidazole rings is 1. The van der Waals surface area contributed by atoms with Gasteiger partial charge in [0.2, 0.25) is 11.9 Å². The number of anilines is 3. The molecule has 1 aliphatic carbocycles. The summed E-state index contributed by atoms with van der Waals surface area (Å²) in [5.74, 6) is 2.48. The first-order valence-electron chi connectivity index (χ1n) is 12.9. The fraction of sp³-hybridized carbons (Fsp3) is 0.357. The summed E-state index contributed by atoms with van der Waals surface area (Å²) in [6.07, 6.45) is 7.62. The van der Waals surface area contributed by atoms with E-state index >= 15 is 0 Å². The summed E-state index contributed by atoms with van der Waals surface area (Å²) in [4.78, 5) is 33.7. The van der Waals surface area contributed by atoms with E-state index in [1.165, 1.54) is 12.5 Å². The summed E-state index contributed by atoms with van der Waals surface area (Å²) in [5, 5.41) is 5.98. The van der Waals surface area contributed by atoms with Gasteiger partial charge in [-0.15, -0.1) is 0 Å². The van der Waals surface area contributed by atoms with Crippen LogP contribution in [0.3, 0.4) is 0 Å². The number of ether oxygens (including phenoxy) is 2. The molecule has 1 saturated carbocycles.